The summed E-state index contributed by atoms with van der Waals surface area (Å²) >= 11 is 0. The van der Waals surface area contributed by atoms with Gasteiger partial charge in [0.15, 0.2) is 19.7 Å². The van der Waals surface area contributed by atoms with Gasteiger partial charge in [-0.15, -0.1) is 0 Å². The minimum atomic E-state index is -3.21. The third-order valence-electron chi connectivity index (χ3n) is 3.20. The molecule has 2 aromatic carbocycles. The van der Waals surface area contributed by atoms with Crippen LogP contribution in [-0.4, -0.2) is 35.6 Å². The molecule has 0 aliphatic rings. The molecule has 2 rings (SSSR count). The predicted molar refractivity (Wildman–Crippen MR) is 100 cm³/mol. The van der Waals surface area contributed by atoms with Crippen molar-refractivity contribution in [2.24, 2.45) is 4.99 Å². The third kappa shape index (κ3) is 5.84. The van der Waals surface area contributed by atoms with Crippen molar-refractivity contribution in [1.82, 2.24) is 0 Å². The van der Waals surface area contributed by atoms with Crippen LogP contribution >= 0.6 is 0 Å². The van der Waals surface area contributed by atoms with Crippen LogP contribution in [0.4, 0.5) is 11.4 Å². The van der Waals surface area contributed by atoms with Gasteiger partial charge in [-0.05, 0) is 54.6 Å². The smallest absolute Gasteiger partial charge is 0.175 e. The fraction of sp³-hybridized carbons (Fsp3) is 0.118. The number of anilines is 1. The van der Waals surface area contributed by atoms with Crippen molar-refractivity contribution >= 4 is 37.3 Å². The lowest BCUT2D eigenvalue weighted by molar-refractivity contribution is 0.600. The lowest BCUT2D eigenvalue weighted by Gasteiger charge is -2.02. The first-order valence-corrected chi connectivity index (χ1v) is 11.0. The molecule has 0 atom stereocenters. The molecule has 2 aromatic rings. The van der Waals surface area contributed by atoms with Gasteiger partial charge in [-0.1, -0.05) is 0 Å². The summed E-state index contributed by atoms with van der Waals surface area (Å²) in [6.07, 6.45) is 7.21. The zero-order valence-electron chi connectivity index (χ0n) is 13.7. The first kappa shape index (κ1) is 18.9. The van der Waals surface area contributed by atoms with E-state index in [0.717, 1.165) is 18.2 Å². The van der Waals surface area contributed by atoms with Gasteiger partial charge in [0.25, 0.3) is 0 Å². The van der Waals surface area contributed by atoms with E-state index in [-0.39, 0.29) is 9.79 Å². The van der Waals surface area contributed by atoms with Gasteiger partial charge in [-0.2, -0.15) is 0 Å². The summed E-state index contributed by atoms with van der Waals surface area (Å²) in [6.45, 7) is 0. The third-order valence-corrected chi connectivity index (χ3v) is 5.46. The molecule has 0 aliphatic heterocycles. The molecule has 6 nitrogen and oxygen atoms in total. The number of nitrogens with zero attached hydrogens (tertiary/aromatic N) is 1. The van der Waals surface area contributed by atoms with Gasteiger partial charge in [-0.3, -0.25) is 4.99 Å². The van der Waals surface area contributed by atoms with Crippen molar-refractivity contribution in [2.75, 3.05) is 17.8 Å². The first-order chi connectivity index (χ1) is 11.7. The SMILES string of the molecule is CS(=O)(=O)c1ccc(N=C/C=C/Nc2ccc(S(C)(=O)=O)cc2)cc1. The molecule has 0 saturated carbocycles. The van der Waals surface area contributed by atoms with Gasteiger partial charge in [0, 0.05) is 30.6 Å². The van der Waals surface area contributed by atoms with Gasteiger partial charge < -0.3 is 5.32 Å². The Morgan fingerprint density at radius 1 is 0.800 bits per heavy atom. The van der Waals surface area contributed by atoms with E-state index < -0.39 is 19.7 Å². The van der Waals surface area contributed by atoms with Crippen molar-refractivity contribution in [3.8, 4) is 0 Å². The molecule has 0 fully saturated rings. The molecule has 25 heavy (non-hydrogen) atoms. The van der Waals surface area contributed by atoms with E-state index in [2.05, 4.69) is 10.3 Å². The molecular weight excluding hydrogens is 360 g/mol. The van der Waals surface area contributed by atoms with E-state index in [9.17, 15) is 16.8 Å². The Kier molecular flexibility index (Phi) is 5.76. The highest BCUT2D eigenvalue weighted by molar-refractivity contribution is 7.91. The van der Waals surface area contributed by atoms with Gasteiger partial charge in [0.05, 0.1) is 15.5 Å². The molecule has 0 aromatic heterocycles. The first-order valence-electron chi connectivity index (χ1n) is 7.22. The van der Waals surface area contributed by atoms with E-state index in [1.165, 1.54) is 24.3 Å². The molecule has 0 heterocycles. The Morgan fingerprint density at radius 3 is 1.76 bits per heavy atom. The van der Waals surface area contributed by atoms with Crippen LogP contribution in [-0.2, 0) is 19.7 Å². The minimum absolute atomic E-state index is 0.251. The van der Waals surface area contributed by atoms with Crippen LogP contribution in [0, 0.1) is 0 Å². The molecule has 0 bridgehead atoms. The second-order valence-electron chi connectivity index (χ2n) is 5.34. The van der Waals surface area contributed by atoms with Crippen LogP contribution < -0.4 is 5.32 Å². The number of sulfone groups is 2. The van der Waals surface area contributed by atoms with E-state index in [4.69, 9.17) is 0 Å². The minimum Gasteiger partial charge on any atom is -0.362 e. The Morgan fingerprint density at radius 2 is 1.28 bits per heavy atom. The number of allylic oxidation sites excluding steroid dienone is 1. The maximum atomic E-state index is 11.4. The van der Waals surface area contributed by atoms with Crippen LogP contribution in [0.15, 0.2) is 75.6 Å². The Balaban J connectivity index is 1.94. The van der Waals surface area contributed by atoms with E-state index in [1.807, 2.05) is 0 Å². The summed E-state index contributed by atoms with van der Waals surface area (Å²) < 4.78 is 45.5. The molecular formula is C17H18N2O4S2. The van der Waals surface area contributed by atoms with Crippen LogP contribution in [0.2, 0.25) is 0 Å². The van der Waals surface area contributed by atoms with Crippen LogP contribution in [0.5, 0.6) is 0 Å². The second-order valence-corrected chi connectivity index (χ2v) is 9.38. The summed E-state index contributed by atoms with van der Waals surface area (Å²) in [5.41, 5.74) is 1.38. The maximum Gasteiger partial charge on any atom is 0.175 e. The molecule has 1 N–H and O–H groups in total. The van der Waals surface area contributed by atoms with Crippen LogP contribution in [0.25, 0.3) is 0 Å². The van der Waals surface area contributed by atoms with Crippen LogP contribution in [0.1, 0.15) is 0 Å². The van der Waals surface area contributed by atoms with Crippen molar-refractivity contribution < 1.29 is 16.8 Å². The molecule has 0 spiro atoms. The van der Waals surface area contributed by atoms with E-state index in [0.29, 0.717) is 5.69 Å². The van der Waals surface area contributed by atoms with Gasteiger partial charge in [0.1, 0.15) is 0 Å². The molecule has 0 radical (unpaired) electrons. The van der Waals surface area contributed by atoms with E-state index >= 15 is 0 Å². The van der Waals surface area contributed by atoms with Gasteiger partial charge >= 0.3 is 0 Å². The van der Waals surface area contributed by atoms with Gasteiger partial charge in [-0.25, -0.2) is 16.8 Å². The second kappa shape index (κ2) is 7.62. The van der Waals surface area contributed by atoms with Gasteiger partial charge in [0.2, 0.25) is 0 Å². The summed E-state index contributed by atoms with van der Waals surface area (Å²) in [4.78, 5) is 4.70. The number of hydrogen-bond acceptors (Lipinski definition) is 6. The van der Waals surface area contributed by atoms with Crippen molar-refractivity contribution in [1.29, 1.82) is 0 Å². The highest BCUT2D eigenvalue weighted by Gasteiger charge is 2.06. The Hall–Kier alpha value is -2.45. The normalized spacial score (nSPS) is 12.7. The lowest BCUT2D eigenvalue weighted by atomic mass is 10.3. The Labute approximate surface area is 147 Å². The average Bonchev–Trinajstić information content (AvgIpc) is 2.54. The number of aliphatic imine (C=N–C) groups is 1. The number of nitrogens with one attached hydrogen (secondary N) is 1. The quantitative estimate of drug-likeness (QED) is 0.780. The number of hydrogen-bond donors (Lipinski definition) is 1. The predicted octanol–water partition coefficient (Wildman–Crippen LogP) is 2.82. The summed E-state index contributed by atoms with van der Waals surface area (Å²) in [5, 5.41) is 2.99. The molecule has 0 aliphatic carbocycles. The monoisotopic (exact) mass is 378 g/mol. The summed E-state index contributed by atoms with van der Waals surface area (Å²) in [5.74, 6) is 0. The molecule has 0 saturated heterocycles. The Bertz CT molecular complexity index is 990. The highest BCUT2D eigenvalue weighted by atomic mass is 32.2. The topological polar surface area (TPSA) is 92.7 Å². The number of rotatable bonds is 6. The summed E-state index contributed by atoms with van der Waals surface area (Å²) in [6, 6.07) is 12.7. The molecule has 132 valence electrons. The zero-order chi connectivity index (χ0) is 18.5. The molecule has 0 amide bonds. The van der Waals surface area contributed by atoms with E-state index in [1.54, 1.807) is 42.8 Å². The van der Waals surface area contributed by atoms with Crippen molar-refractivity contribution in [3.63, 3.8) is 0 Å². The average molecular weight is 378 g/mol. The summed E-state index contributed by atoms with van der Waals surface area (Å²) in [7, 11) is -6.40. The number of benzene rings is 2. The molecule has 0 unspecified atom stereocenters. The molecule has 8 heteroatoms. The van der Waals surface area contributed by atoms with Crippen molar-refractivity contribution in [2.45, 2.75) is 9.79 Å². The largest absolute Gasteiger partial charge is 0.362 e. The standard InChI is InChI=1S/C17H18N2O4S2/c1-24(20,21)16-8-4-14(5-9-16)18-12-3-13-19-15-6-10-17(11-7-15)25(2,22)23/h3-13,18H,1-2H3/b12-3+,19-13?. The maximum absolute atomic E-state index is 11.4. The fourth-order valence-corrected chi connectivity index (χ4v) is 3.16. The lowest BCUT2D eigenvalue weighted by Crippen LogP contribution is -1.97. The zero-order valence-corrected chi connectivity index (χ0v) is 15.4. The highest BCUT2D eigenvalue weighted by Crippen LogP contribution is 2.16. The van der Waals surface area contributed by atoms with Crippen LogP contribution in [0.3, 0.4) is 0 Å². The fourth-order valence-electron chi connectivity index (χ4n) is 1.89. The van der Waals surface area contributed by atoms with Crippen molar-refractivity contribution in [3.05, 3.63) is 60.8 Å².